The first-order valence-corrected chi connectivity index (χ1v) is 7.91. The quantitative estimate of drug-likeness (QED) is 0.879. The Kier molecular flexibility index (Phi) is 4.89. The minimum atomic E-state index is -0.379. The molecule has 124 valence electrons. The number of amides is 1. The molecule has 0 saturated carbocycles. The van der Waals surface area contributed by atoms with Gasteiger partial charge in [-0.05, 0) is 31.5 Å². The molecule has 2 aromatic rings. The van der Waals surface area contributed by atoms with E-state index in [2.05, 4.69) is 16.5 Å². The zero-order chi connectivity index (χ0) is 16.9. The second kappa shape index (κ2) is 7.25. The molecular formula is C17H19N5O2. The van der Waals surface area contributed by atoms with Gasteiger partial charge in [0.2, 0.25) is 5.91 Å². The van der Waals surface area contributed by atoms with Crippen molar-refractivity contribution in [3.05, 3.63) is 42.1 Å². The molecule has 0 bridgehead atoms. The Hall–Kier alpha value is -2.69. The summed E-state index contributed by atoms with van der Waals surface area (Å²) in [7, 11) is 0. The maximum Gasteiger partial charge on any atom is 0.239 e. The Morgan fingerprint density at radius 2 is 2.21 bits per heavy atom. The van der Waals surface area contributed by atoms with Crippen molar-refractivity contribution in [1.29, 1.82) is 5.26 Å². The number of β-amino-alcohol motifs (C(OH)–C–C–N with tert-alkyl or cyclic N) is 1. The molecule has 1 aliphatic rings. The maximum absolute atomic E-state index is 12.4. The maximum atomic E-state index is 12.4. The summed E-state index contributed by atoms with van der Waals surface area (Å²) in [5, 5.41) is 25.9. The van der Waals surface area contributed by atoms with Crippen molar-refractivity contribution in [2.75, 3.05) is 25.0 Å². The van der Waals surface area contributed by atoms with Gasteiger partial charge >= 0.3 is 0 Å². The summed E-state index contributed by atoms with van der Waals surface area (Å²) in [6.45, 7) is 1.46. The van der Waals surface area contributed by atoms with Crippen molar-refractivity contribution >= 4 is 11.7 Å². The summed E-state index contributed by atoms with van der Waals surface area (Å²) < 4.78 is 1.54. The topological polar surface area (TPSA) is 94.2 Å². The molecule has 1 aliphatic heterocycles. The number of nitrogens with one attached hydrogen (secondary N) is 1. The Labute approximate surface area is 140 Å². The van der Waals surface area contributed by atoms with Gasteiger partial charge < -0.3 is 10.4 Å². The highest BCUT2D eigenvalue weighted by Gasteiger charge is 2.21. The lowest BCUT2D eigenvalue weighted by atomic mass is 10.1. The van der Waals surface area contributed by atoms with Crippen molar-refractivity contribution in [1.82, 2.24) is 14.7 Å². The molecule has 1 amide bonds. The van der Waals surface area contributed by atoms with E-state index < -0.39 is 0 Å². The molecule has 1 aromatic heterocycles. The smallest absolute Gasteiger partial charge is 0.239 e. The molecule has 1 saturated heterocycles. The predicted octanol–water partition coefficient (Wildman–Crippen LogP) is 1.14. The van der Waals surface area contributed by atoms with E-state index in [4.69, 9.17) is 0 Å². The van der Waals surface area contributed by atoms with E-state index in [0.717, 1.165) is 25.1 Å². The summed E-state index contributed by atoms with van der Waals surface area (Å²) in [6.07, 6.45) is 2.71. The van der Waals surface area contributed by atoms with Crippen LogP contribution in [0.4, 0.5) is 5.82 Å². The van der Waals surface area contributed by atoms with Gasteiger partial charge in [-0.25, -0.2) is 4.68 Å². The van der Waals surface area contributed by atoms with Gasteiger partial charge in [0.05, 0.1) is 24.5 Å². The number of aliphatic hydroxyl groups excluding tert-OH is 1. The number of benzene rings is 1. The van der Waals surface area contributed by atoms with Gasteiger partial charge in [-0.1, -0.05) is 18.2 Å². The molecule has 1 aromatic carbocycles. The first-order valence-electron chi connectivity index (χ1n) is 7.91. The Bertz CT molecular complexity index is 750. The number of nitrogens with zero attached hydrogens (tertiary/aromatic N) is 4. The summed E-state index contributed by atoms with van der Waals surface area (Å²) in [4.78, 5) is 14.3. The lowest BCUT2D eigenvalue weighted by Crippen LogP contribution is -2.42. The van der Waals surface area contributed by atoms with Gasteiger partial charge in [-0.3, -0.25) is 9.69 Å². The molecule has 7 heteroatoms. The number of anilines is 1. The van der Waals surface area contributed by atoms with Gasteiger partial charge in [0.25, 0.3) is 0 Å². The molecule has 0 spiro atoms. The molecular weight excluding hydrogens is 306 g/mol. The van der Waals surface area contributed by atoms with Crippen LogP contribution in [0, 0.1) is 11.3 Å². The van der Waals surface area contributed by atoms with Crippen LogP contribution in [0.3, 0.4) is 0 Å². The standard InChI is InChI=1S/C17H19N5O2/c18-9-13-10-19-22(14-5-2-1-3-6-14)17(13)20-16(24)12-21-8-4-7-15(23)11-21/h1-3,5-6,10,15,23H,4,7-8,11-12H2,(H,20,24). The molecule has 3 rings (SSSR count). The average Bonchev–Trinajstić information content (AvgIpc) is 2.98. The second-order valence-electron chi connectivity index (χ2n) is 5.85. The van der Waals surface area contributed by atoms with E-state index >= 15 is 0 Å². The van der Waals surface area contributed by atoms with Crippen LogP contribution in [0.5, 0.6) is 0 Å². The number of rotatable bonds is 4. The molecule has 0 radical (unpaired) electrons. The molecule has 24 heavy (non-hydrogen) atoms. The van der Waals surface area contributed by atoms with Crippen molar-refractivity contribution < 1.29 is 9.90 Å². The highest BCUT2D eigenvalue weighted by molar-refractivity contribution is 5.93. The number of para-hydroxylation sites is 1. The van der Waals surface area contributed by atoms with Crippen molar-refractivity contribution in [3.63, 3.8) is 0 Å². The van der Waals surface area contributed by atoms with Crippen molar-refractivity contribution in [2.24, 2.45) is 0 Å². The normalized spacial score (nSPS) is 18.1. The molecule has 7 nitrogen and oxygen atoms in total. The number of likely N-dealkylation sites (tertiary alicyclic amines) is 1. The van der Waals surface area contributed by atoms with Gasteiger partial charge in [0, 0.05) is 6.54 Å². The molecule has 2 heterocycles. The van der Waals surface area contributed by atoms with Gasteiger partial charge in [0.15, 0.2) is 5.82 Å². The fourth-order valence-corrected chi connectivity index (χ4v) is 2.86. The number of hydrogen-bond acceptors (Lipinski definition) is 5. The third-order valence-corrected chi connectivity index (χ3v) is 4.00. The average molecular weight is 325 g/mol. The number of aliphatic hydroxyl groups is 1. The summed E-state index contributed by atoms with van der Waals surface area (Å²) in [5.41, 5.74) is 1.08. The van der Waals surface area contributed by atoms with E-state index in [0.29, 0.717) is 17.9 Å². The number of carbonyl (C=O) groups is 1. The van der Waals surface area contributed by atoms with Gasteiger partial charge in [0.1, 0.15) is 11.6 Å². The first-order chi connectivity index (χ1) is 11.7. The summed E-state index contributed by atoms with van der Waals surface area (Å²) in [6, 6.07) is 11.4. The fraction of sp³-hybridized carbons (Fsp3) is 0.353. The Morgan fingerprint density at radius 1 is 1.42 bits per heavy atom. The minimum absolute atomic E-state index is 0.182. The Morgan fingerprint density at radius 3 is 2.92 bits per heavy atom. The predicted molar refractivity (Wildman–Crippen MR) is 88.6 cm³/mol. The Balaban J connectivity index is 1.75. The van der Waals surface area contributed by atoms with Gasteiger partial charge in [-0.2, -0.15) is 10.4 Å². The van der Waals surface area contributed by atoms with Crippen LogP contribution in [0.1, 0.15) is 18.4 Å². The number of hydrogen-bond donors (Lipinski definition) is 2. The van der Waals surface area contributed by atoms with Crippen molar-refractivity contribution in [3.8, 4) is 11.8 Å². The third kappa shape index (κ3) is 3.62. The molecule has 1 fully saturated rings. The zero-order valence-electron chi connectivity index (χ0n) is 13.2. The van der Waals surface area contributed by atoms with Crippen LogP contribution in [0.15, 0.2) is 36.5 Å². The van der Waals surface area contributed by atoms with E-state index in [-0.39, 0.29) is 18.6 Å². The second-order valence-corrected chi connectivity index (χ2v) is 5.85. The largest absolute Gasteiger partial charge is 0.392 e. The van der Waals surface area contributed by atoms with Crippen LogP contribution in [0.2, 0.25) is 0 Å². The van der Waals surface area contributed by atoms with Crippen LogP contribution in [0.25, 0.3) is 5.69 Å². The highest BCUT2D eigenvalue weighted by atomic mass is 16.3. The lowest BCUT2D eigenvalue weighted by Gasteiger charge is -2.29. The van der Waals surface area contributed by atoms with Crippen LogP contribution >= 0.6 is 0 Å². The molecule has 0 aliphatic carbocycles. The van der Waals surface area contributed by atoms with Gasteiger partial charge in [-0.15, -0.1) is 0 Å². The third-order valence-electron chi connectivity index (χ3n) is 4.00. The van der Waals surface area contributed by atoms with E-state index in [9.17, 15) is 15.2 Å². The monoisotopic (exact) mass is 325 g/mol. The van der Waals surface area contributed by atoms with Crippen LogP contribution in [-0.2, 0) is 4.79 Å². The molecule has 2 N–H and O–H groups in total. The SMILES string of the molecule is N#Cc1cnn(-c2ccccc2)c1NC(=O)CN1CCCC(O)C1. The summed E-state index contributed by atoms with van der Waals surface area (Å²) >= 11 is 0. The summed E-state index contributed by atoms with van der Waals surface area (Å²) in [5.74, 6) is 0.143. The lowest BCUT2D eigenvalue weighted by molar-refractivity contribution is -0.118. The van der Waals surface area contributed by atoms with Crippen LogP contribution in [-0.4, -0.2) is 51.4 Å². The van der Waals surface area contributed by atoms with Crippen molar-refractivity contribution in [2.45, 2.75) is 18.9 Å². The highest BCUT2D eigenvalue weighted by Crippen LogP contribution is 2.19. The van der Waals surface area contributed by atoms with Crippen LogP contribution < -0.4 is 5.32 Å². The fourth-order valence-electron chi connectivity index (χ4n) is 2.86. The number of nitriles is 1. The minimum Gasteiger partial charge on any atom is -0.392 e. The first kappa shape index (κ1) is 16.2. The number of carbonyl (C=O) groups excluding carboxylic acids is 1. The number of piperidine rings is 1. The molecule has 1 atom stereocenters. The zero-order valence-corrected chi connectivity index (χ0v) is 13.2. The van der Waals surface area contributed by atoms with E-state index in [1.165, 1.54) is 6.20 Å². The van der Waals surface area contributed by atoms with E-state index in [1.807, 2.05) is 35.2 Å². The molecule has 1 unspecified atom stereocenters. The number of aromatic nitrogens is 2. The van der Waals surface area contributed by atoms with E-state index in [1.54, 1.807) is 4.68 Å².